The maximum absolute atomic E-state index is 12.5. The van der Waals surface area contributed by atoms with Crippen molar-refractivity contribution in [1.82, 2.24) is 4.98 Å². The molecule has 1 amide bonds. The number of nitrogens with one attached hydrogen (secondary N) is 2. The maximum atomic E-state index is 12.5. The van der Waals surface area contributed by atoms with Gasteiger partial charge in [-0.05, 0) is 29.8 Å². The molecule has 0 radical (unpaired) electrons. The summed E-state index contributed by atoms with van der Waals surface area (Å²) in [6.07, 6.45) is 1.97. The van der Waals surface area contributed by atoms with Crippen LogP contribution in [0.25, 0.3) is 10.9 Å². The van der Waals surface area contributed by atoms with E-state index in [-0.39, 0.29) is 17.2 Å². The third-order valence-electron chi connectivity index (χ3n) is 4.08. The molecule has 0 atom stereocenters. The highest BCUT2D eigenvalue weighted by atomic mass is 32.2. The zero-order chi connectivity index (χ0) is 18.9. The van der Waals surface area contributed by atoms with Crippen molar-refractivity contribution < 1.29 is 13.2 Å². The van der Waals surface area contributed by atoms with Crippen molar-refractivity contribution in [1.29, 1.82) is 0 Å². The molecule has 7 nitrogen and oxygen atoms in total. The van der Waals surface area contributed by atoms with E-state index in [0.29, 0.717) is 11.4 Å². The number of anilines is 2. The number of nitrogens with two attached hydrogens (primary N) is 1. The number of sulfonamides is 1. The Labute approximate surface area is 151 Å². The van der Waals surface area contributed by atoms with Gasteiger partial charge < -0.3 is 15.2 Å². The average Bonchev–Trinajstić information content (AvgIpc) is 2.97. The second-order valence-corrected chi connectivity index (χ2v) is 7.76. The largest absolute Gasteiger partial charge is 0.376 e. The van der Waals surface area contributed by atoms with E-state index < -0.39 is 10.0 Å². The van der Waals surface area contributed by atoms with Gasteiger partial charge in [0, 0.05) is 31.2 Å². The van der Waals surface area contributed by atoms with Gasteiger partial charge in [0.2, 0.25) is 15.9 Å². The Balaban J connectivity index is 1.88. The molecule has 0 bridgehead atoms. The molecule has 0 spiro atoms. The number of primary sulfonamides is 1. The molecule has 136 valence electrons. The lowest BCUT2D eigenvalue weighted by molar-refractivity contribution is -0.115. The number of amides is 1. The van der Waals surface area contributed by atoms with Crippen molar-refractivity contribution in [3.63, 3.8) is 0 Å². The molecule has 0 unspecified atom stereocenters. The summed E-state index contributed by atoms with van der Waals surface area (Å²) in [7, 11) is -0.244. The van der Waals surface area contributed by atoms with Crippen LogP contribution in [0.15, 0.2) is 53.6 Å². The Bertz CT molecular complexity index is 1070. The Kier molecular flexibility index (Phi) is 4.71. The summed E-state index contributed by atoms with van der Waals surface area (Å²) in [5, 5.41) is 8.97. The van der Waals surface area contributed by atoms with Crippen LogP contribution in [0.4, 0.5) is 11.4 Å². The average molecular weight is 372 g/mol. The number of rotatable bonds is 5. The number of H-pyrrole nitrogens is 1. The molecule has 2 aromatic carbocycles. The Morgan fingerprint density at radius 1 is 1.19 bits per heavy atom. The van der Waals surface area contributed by atoms with Crippen LogP contribution in [-0.2, 0) is 21.2 Å². The molecule has 0 aliphatic carbocycles. The van der Waals surface area contributed by atoms with Crippen LogP contribution >= 0.6 is 0 Å². The standard InChI is InChI=1S/C18H20N4O3S/c1-22(2)17-8-7-13(26(19,24)25)10-16(17)21-18(23)9-12-11-20-15-6-4-3-5-14(12)15/h3-8,10-11,20H,9H2,1-2H3,(H,21,23)(H2,19,24,25). The van der Waals surface area contributed by atoms with Gasteiger partial charge >= 0.3 is 0 Å². The molecule has 0 saturated heterocycles. The molecule has 26 heavy (non-hydrogen) atoms. The van der Waals surface area contributed by atoms with Crippen molar-refractivity contribution in [2.24, 2.45) is 5.14 Å². The molecule has 1 heterocycles. The number of aromatic nitrogens is 1. The fourth-order valence-corrected chi connectivity index (χ4v) is 3.37. The zero-order valence-electron chi connectivity index (χ0n) is 14.5. The van der Waals surface area contributed by atoms with Gasteiger partial charge in [-0.15, -0.1) is 0 Å². The first kappa shape index (κ1) is 18.0. The Morgan fingerprint density at radius 3 is 2.62 bits per heavy atom. The van der Waals surface area contributed by atoms with Gasteiger partial charge in [-0.1, -0.05) is 18.2 Å². The van der Waals surface area contributed by atoms with Crippen LogP contribution in [0.2, 0.25) is 0 Å². The van der Waals surface area contributed by atoms with Crippen LogP contribution in [-0.4, -0.2) is 33.4 Å². The zero-order valence-corrected chi connectivity index (χ0v) is 15.3. The van der Waals surface area contributed by atoms with Gasteiger partial charge in [-0.25, -0.2) is 13.6 Å². The molecule has 1 aromatic heterocycles. The van der Waals surface area contributed by atoms with Crippen molar-refractivity contribution in [2.45, 2.75) is 11.3 Å². The van der Waals surface area contributed by atoms with E-state index in [2.05, 4.69) is 10.3 Å². The topological polar surface area (TPSA) is 108 Å². The van der Waals surface area contributed by atoms with E-state index in [1.54, 1.807) is 31.3 Å². The number of carbonyl (C=O) groups excluding carboxylic acids is 1. The molecular formula is C18H20N4O3S. The normalized spacial score (nSPS) is 11.5. The number of fused-ring (bicyclic) bond motifs is 1. The highest BCUT2D eigenvalue weighted by Crippen LogP contribution is 2.28. The molecule has 0 aliphatic heterocycles. The molecule has 3 aromatic rings. The first-order valence-electron chi connectivity index (χ1n) is 7.95. The molecule has 8 heteroatoms. The van der Waals surface area contributed by atoms with Crippen LogP contribution < -0.4 is 15.4 Å². The number of para-hydroxylation sites is 1. The summed E-state index contributed by atoms with van der Waals surface area (Å²) >= 11 is 0. The van der Waals surface area contributed by atoms with Crippen molar-refractivity contribution >= 4 is 38.2 Å². The van der Waals surface area contributed by atoms with Crippen LogP contribution in [0, 0.1) is 0 Å². The highest BCUT2D eigenvalue weighted by molar-refractivity contribution is 7.89. The first-order chi connectivity index (χ1) is 12.3. The third kappa shape index (κ3) is 3.71. The minimum atomic E-state index is -3.86. The number of benzene rings is 2. The van der Waals surface area contributed by atoms with Gasteiger partial charge in [0.25, 0.3) is 0 Å². The number of nitrogens with zero attached hydrogens (tertiary/aromatic N) is 1. The maximum Gasteiger partial charge on any atom is 0.238 e. The molecule has 0 fully saturated rings. The fraction of sp³-hybridized carbons (Fsp3) is 0.167. The van der Waals surface area contributed by atoms with E-state index >= 15 is 0 Å². The monoisotopic (exact) mass is 372 g/mol. The second-order valence-electron chi connectivity index (χ2n) is 6.20. The third-order valence-corrected chi connectivity index (χ3v) is 4.99. The van der Waals surface area contributed by atoms with Crippen molar-refractivity contribution in [2.75, 3.05) is 24.3 Å². The minimum Gasteiger partial charge on any atom is -0.376 e. The quantitative estimate of drug-likeness (QED) is 0.637. The number of hydrogen-bond donors (Lipinski definition) is 3. The smallest absolute Gasteiger partial charge is 0.238 e. The van der Waals surface area contributed by atoms with Crippen LogP contribution in [0.1, 0.15) is 5.56 Å². The van der Waals surface area contributed by atoms with E-state index in [1.807, 2.05) is 24.3 Å². The lowest BCUT2D eigenvalue weighted by Gasteiger charge is -2.18. The number of hydrogen-bond acceptors (Lipinski definition) is 4. The molecule has 0 saturated carbocycles. The minimum absolute atomic E-state index is 0.0505. The van der Waals surface area contributed by atoms with Crippen LogP contribution in [0.5, 0.6) is 0 Å². The number of carbonyl (C=O) groups is 1. The lowest BCUT2D eigenvalue weighted by atomic mass is 10.1. The number of aromatic amines is 1. The van der Waals surface area contributed by atoms with Gasteiger partial charge in [-0.3, -0.25) is 4.79 Å². The second kappa shape index (κ2) is 6.81. The molecule has 3 rings (SSSR count). The Morgan fingerprint density at radius 2 is 1.92 bits per heavy atom. The predicted octanol–water partition coefficient (Wildman–Crippen LogP) is 2.06. The van der Waals surface area contributed by atoms with E-state index in [4.69, 9.17) is 5.14 Å². The van der Waals surface area contributed by atoms with Gasteiger partial charge in [0.05, 0.1) is 22.7 Å². The summed E-state index contributed by atoms with van der Waals surface area (Å²) in [5.41, 5.74) is 2.91. The van der Waals surface area contributed by atoms with Crippen molar-refractivity contribution in [3.05, 3.63) is 54.2 Å². The highest BCUT2D eigenvalue weighted by Gasteiger charge is 2.15. The summed E-state index contributed by atoms with van der Waals surface area (Å²) in [6, 6.07) is 12.1. The summed E-state index contributed by atoms with van der Waals surface area (Å²) in [6.45, 7) is 0. The van der Waals surface area contributed by atoms with Crippen LogP contribution in [0.3, 0.4) is 0 Å². The lowest BCUT2D eigenvalue weighted by Crippen LogP contribution is -2.19. The summed E-state index contributed by atoms with van der Waals surface area (Å²) < 4.78 is 23.2. The Hall–Kier alpha value is -2.84. The first-order valence-corrected chi connectivity index (χ1v) is 9.49. The molecule has 4 N–H and O–H groups in total. The predicted molar refractivity (Wildman–Crippen MR) is 103 cm³/mol. The van der Waals surface area contributed by atoms with Gasteiger partial charge in [0.1, 0.15) is 0 Å². The van der Waals surface area contributed by atoms with Gasteiger partial charge in [0.15, 0.2) is 0 Å². The van der Waals surface area contributed by atoms with E-state index in [1.165, 1.54) is 12.1 Å². The summed E-state index contributed by atoms with van der Waals surface area (Å²) in [4.78, 5) is 17.4. The van der Waals surface area contributed by atoms with Crippen molar-refractivity contribution in [3.8, 4) is 0 Å². The fourth-order valence-electron chi connectivity index (χ4n) is 2.83. The van der Waals surface area contributed by atoms with E-state index in [0.717, 1.165) is 16.5 Å². The van der Waals surface area contributed by atoms with Gasteiger partial charge in [-0.2, -0.15) is 0 Å². The molecule has 0 aliphatic rings. The summed E-state index contributed by atoms with van der Waals surface area (Å²) in [5.74, 6) is -0.246. The van der Waals surface area contributed by atoms with E-state index in [9.17, 15) is 13.2 Å². The SMILES string of the molecule is CN(C)c1ccc(S(N)(=O)=O)cc1NC(=O)Cc1c[nH]c2ccccc12. The molecular weight excluding hydrogens is 352 g/mol.